The Balaban J connectivity index is 1.86. The molecule has 0 saturated heterocycles. The van der Waals surface area contributed by atoms with Gasteiger partial charge in [0.2, 0.25) is 0 Å². The number of nitrogens with zero attached hydrogens (tertiary/aromatic N) is 1. The number of primary amides is 1. The zero-order valence-corrected chi connectivity index (χ0v) is 19.0. The van der Waals surface area contributed by atoms with Crippen LogP contribution >= 0.6 is 0 Å². The zero-order valence-electron chi connectivity index (χ0n) is 19.0. The fourth-order valence-corrected chi connectivity index (χ4v) is 3.89. The number of aliphatic imine (C=N–C) groups is 1. The third kappa shape index (κ3) is 5.73. The Labute approximate surface area is 200 Å². The molecule has 0 heterocycles. The Bertz CT molecular complexity index is 1210. The maximum Gasteiger partial charge on any atom is 0.255 e. The summed E-state index contributed by atoms with van der Waals surface area (Å²) in [7, 11) is 1.31. The van der Waals surface area contributed by atoms with E-state index in [1.807, 2.05) is 0 Å². The van der Waals surface area contributed by atoms with E-state index in [9.17, 15) is 22.8 Å². The van der Waals surface area contributed by atoms with Gasteiger partial charge in [-0.1, -0.05) is 18.9 Å². The Hall–Kier alpha value is -4.02. The lowest BCUT2D eigenvalue weighted by Gasteiger charge is -2.14. The van der Waals surface area contributed by atoms with Crippen LogP contribution in [0.5, 0.6) is 5.75 Å². The van der Waals surface area contributed by atoms with Crippen molar-refractivity contribution in [2.45, 2.75) is 38.3 Å². The van der Waals surface area contributed by atoms with Crippen LogP contribution in [0.1, 0.15) is 47.2 Å². The predicted octanol–water partition coefficient (Wildman–Crippen LogP) is 2.50. The lowest BCUT2D eigenvalue weighted by molar-refractivity contribution is -0.114. The highest BCUT2D eigenvalue weighted by atomic mass is 19.2. The third-order valence-electron chi connectivity index (χ3n) is 5.72. The minimum atomic E-state index is -1.36. The molecule has 0 unspecified atom stereocenters. The van der Waals surface area contributed by atoms with Crippen molar-refractivity contribution in [3.05, 3.63) is 70.0 Å². The highest BCUT2D eigenvalue weighted by Gasteiger charge is 2.24. The first kappa shape index (κ1) is 25.6. The molecule has 2 aromatic carbocycles. The summed E-state index contributed by atoms with van der Waals surface area (Å²) in [6, 6.07) is 5.58. The first-order valence-electron chi connectivity index (χ1n) is 10.9. The van der Waals surface area contributed by atoms with Crippen molar-refractivity contribution in [3.63, 3.8) is 0 Å². The van der Waals surface area contributed by atoms with Crippen molar-refractivity contribution >= 4 is 23.3 Å². The summed E-state index contributed by atoms with van der Waals surface area (Å²) in [5.41, 5.74) is 15.7. The molecule has 2 aromatic rings. The van der Waals surface area contributed by atoms with Gasteiger partial charge >= 0.3 is 0 Å². The predicted molar refractivity (Wildman–Crippen MR) is 125 cm³/mol. The van der Waals surface area contributed by atoms with E-state index in [0.29, 0.717) is 0 Å². The second-order valence-corrected chi connectivity index (χ2v) is 8.03. The molecular formula is C24H26F3N5O3. The average molecular weight is 489 g/mol. The molecule has 1 fully saturated rings. The summed E-state index contributed by atoms with van der Waals surface area (Å²) in [6.45, 7) is -0.418. The van der Waals surface area contributed by atoms with E-state index in [0.717, 1.165) is 43.9 Å². The summed E-state index contributed by atoms with van der Waals surface area (Å²) < 4.78 is 48.3. The highest BCUT2D eigenvalue weighted by Crippen LogP contribution is 2.25. The van der Waals surface area contributed by atoms with Crippen LogP contribution in [0, 0.1) is 17.5 Å². The molecule has 0 bridgehead atoms. The van der Waals surface area contributed by atoms with Crippen LogP contribution in [0.2, 0.25) is 0 Å². The maximum absolute atomic E-state index is 14.9. The van der Waals surface area contributed by atoms with Crippen LogP contribution in [-0.4, -0.2) is 30.8 Å². The largest absolute Gasteiger partial charge is 0.496 e. The van der Waals surface area contributed by atoms with Crippen molar-refractivity contribution in [2.24, 2.45) is 22.2 Å². The SMILES string of the molecule is COc1ccc(F)cc1C(=O)NCc1ccc(C(N)=C(C(N)=O)C(N)=NC2CCCC2)c(F)c1F. The molecule has 3 rings (SSSR count). The number of amides is 2. The van der Waals surface area contributed by atoms with Gasteiger partial charge in [-0.2, -0.15) is 0 Å². The molecule has 0 atom stereocenters. The summed E-state index contributed by atoms with van der Waals surface area (Å²) in [5.74, 6) is -5.22. The number of ether oxygens (including phenoxy) is 1. The van der Waals surface area contributed by atoms with Gasteiger partial charge in [0.05, 0.1) is 24.4 Å². The van der Waals surface area contributed by atoms with Crippen molar-refractivity contribution < 1.29 is 27.5 Å². The Morgan fingerprint density at radius 2 is 1.71 bits per heavy atom. The fraction of sp³-hybridized carbons (Fsp3) is 0.292. The van der Waals surface area contributed by atoms with Crippen molar-refractivity contribution in [2.75, 3.05) is 7.11 Å². The minimum Gasteiger partial charge on any atom is -0.496 e. The highest BCUT2D eigenvalue weighted by molar-refractivity contribution is 6.24. The molecule has 35 heavy (non-hydrogen) atoms. The number of carbonyl (C=O) groups excluding carboxylic acids is 2. The van der Waals surface area contributed by atoms with E-state index in [2.05, 4.69) is 10.3 Å². The van der Waals surface area contributed by atoms with Gasteiger partial charge in [0.15, 0.2) is 11.6 Å². The van der Waals surface area contributed by atoms with E-state index in [1.165, 1.54) is 19.2 Å². The quantitative estimate of drug-likeness (QED) is 0.256. The lowest BCUT2D eigenvalue weighted by Crippen LogP contribution is -2.31. The molecule has 1 aliphatic rings. The second kappa shape index (κ2) is 10.9. The van der Waals surface area contributed by atoms with Gasteiger partial charge in [-0.3, -0.25) is 14.6 Å². The molecule has 0 aromatic heterocycles. The Kier molecular flexibility index (Phi) is 8.00. The molecule has 0 spiro atoms. The number of hydrogen-bond acceptors (Lipinski definition) is 5. The topological polar surface area (TPSA) is 146 Å². The summed E-state index contributed by atoms with van der Waals surface area (Å²) >= 11 is 0. The molecule has 0 radical (unpaired) electrons. The molecule has 0 aliphatic heterocycles. The smallest absolute Gasteiger partial charge is 0.255 e. The summed E-state index contributed by atoms with van der Waals surface area (Å²) in [6.07, 6.45) is 3.52. The third-order valence-corrected chi connectivity index (χ3v) is 5.72. The standard InChI is InChI=1S/C24H26F3N5O3/c1-35-17-9-7-13(25)10-16(17)24(34)31-11-12-6-8-15(20(27)19(12)26)21(28)18(23(30)33)22(29)32-14-4-2-3-5-14/h6-10,14H,2-5,11,28H2,1H3,(H2,29,32)(H2,30,33)(H,31,34). The minimum absolute atomic E-state index is 0.0959. The van der Waals surface area contributed by atoms with Crippen LogP contribution < -0.4 is 27.3 Å². The average Bonchev–Trinajstić information content (AvgIpc) is 3.32. The fourth-order valence-electron chi connectivity index (χ4n) is 3.89. The second-order valence-electron chi connectivity index (χ2n) is 8.03. The number of benzene rings is 2. The number of carbonyl (C=O) groups is 2. The Morgan fingerprint density at radius 3 is 2.34 bits per heavy atom. The zero-order chi connectivity index (χ0) is 25.7. The van der Waals surface area contributed by atoms with E-state index < -0.39 is 52.6 Å². The van der Waals surface area contributed by atoms with Crippen LogP contribution in [0.25, 0.3) is 5.70 Å². The van der Waals surface area contributed by atoms with Gasteiger partial charge in [0.25, 0.3) is 11.8 Å². The molecule has 8 nitrogen and oxygen atoms in total. The number of halogens is 3. The molecule has 7 N–H and O–H groups in total. The van der Waals surface area contributed by atoms with Crippen molar-refractivity contribution in [1.29, 1.82) is 0 Å². The first-order chi connectivity index (χ1) is 16.6. The normalized spacial score (nSPS) is 15.0. The monoisotopic (exact) mass is 489 g/mol. The van der Waals surface area contributed by atoms with Crippen LogP contribution in [0.3, 0.4) is 0 Å². The van der Waals surface area contributed by atoms with E-state index in [-0.39, 0.29) is 28.8 Å². The maximum atomic E-state index is 14.9. The molecule has 11 heteroatoms. The number of rotatable bonds is 8. The molecular weight excluding hydrogens is 463 g/mol. The summed E-state index contributed by atoms with van der Waals surface area (Å²) in [5, 5.41) is 2.38. The van der Waals surface area contributed by atoms with Gasteiger partial charge in [-0.05, 0) is 37.1 Å². The molecule has 1 aliphatic carbocycles. The lowest BCUT2D eigenvalue weighted by atomic mass is 10.0. The number of amidine groups is 1. The molecule has 186 valence electrons. The first-order valence-corrected chi connectivity index (χ1v) is 10.9. The van der Waals surface area contributed by atoms with Gasteiger partial charge in [0.1, 0.15) is 23.0 Å². The molecule has 1 saturated carbocycles. The number of methoxy groups -OCH3 is 1. The van der Waals surface area contributed by atoms with E-state index in [1.54, 1.807) is 0 Å². The number of nitrogens with one attached hydrogen (secondary N) is 1. The number of nitrogens with two attached hydrogens (primary N) is 3. The van der Waals surface area contributed by atoms with Gasteiger partial charge in [-0.15, -0.1) is 0 Å². The van der Waals surface area contributed by atoms with Gasteiger partial charge < -0.3 is 27.3 Å². The van der Waals surface area contributed by atoms with Crippen LogP contribution in [0.4, 0.5) is 13.2 Å². The van der Waals surface area contributed by atoms with Crippen LogP contribution in [-0.2, 0) is 11.3 Å². The van der Waals surface area contributed by atoms with E-state index in [4.69, 9.17) is 21.9 Å². The summed E-state index contributed by atoms with van der Waals surface area (Å²) in [4.78, 5) is 28.7. The van der Waals surface area contributed by atoms with Crippen molar-refractivity contribution in [3.8, 4) is 5.75 Å². The number of hydrogen-bond donors (Lipinski definition) is 4. The van der Waals surface area contributed by atoms with Gasteiger partial charge in [-0.25, -0.2) is 13.2 Å². The van der Waals surface area contributed by atoms with Gasteiger partial charge in [0, 0.05) is 17.7 Å². The van der Waals surface area contributed by atoms with E-state index >= 15 is 0 Å². The Morgan fingerprint density at radius 1 is 1.03 bits per heavy atom. The van der Waals surface area contributed by atoms with Crippen molar-refractivity contribution in [1.82, 2.24) is 5.32 Å². The van der Waals surface area contributed by atoms with Crippen LogP contribution in [0.15, 0.2) is 40.9 Å². The molecule has 2 amide bonds.